The van der Waals surface area contributed by atoms with Gasteiger partial charge in [-0.3, -0.25) is 4.79 Å². The number of ether oxygens (including phenoxy) is 1. The zero-order valence-corrected chi connectivity index (χ0v) is 16.7. The molecule has 1 heterocycles. The SMILES string of the molecule is CC(Sc1cc(Cl)ccc1Cl)C(=O)Nc1ccc(N2CCOCC2)cc1. The number of hydrogen-bond acceptors (Lipinski definition) is 4. The minimum atomic E-state index is -0.301. The summed E-state index contributed by atoms with van der Waals surface area (Å²) in [6.07, 6.45) is 0. The van der Waals surface area contributed by atoms with E-state index in [9.17, 15) is 4.79 Å². The molecule has 0 spiro atoms. The number of nitrogens with one attached hydrogen (secondary N) is 1. The minimum Gasteiger partial charge on any atom is -0.378 e. The number of thioether (sulfide) groups is 1. The second-order valence-corrected chi connectivity index (χ2v) is 8.20. The van der Waals surface area contributed by atoms with E-state index in [2.05, 4.69) is 10.2 Å². The summed E-state index contributed by atoms with van der Waals surface area (Å²) in [5.41, 5.74) is 1.91. The highest BCUT2D eigenvalue weighted by Crippen LogP contribution is 2.33. The summed E-state index contributed by atoms with van der Waals surface area (Å²) in [5.74, 6) is -0.0786. The highest BCUT2D eigenvalue weighted by molar-refractivity contribution is 8.00. The van der Waals surface area contributed by atoms with Crippen LogP contribution in [0.4, 0.5) is 11.4 Å². The van der Waals surface area contributed by atoms with Crippen molar-refractivity contribution in [1.29, 1.82) is 0 Å². The predicted octanol–water partition coefficient (Wildman–Crippen LogP) is 4.95. The molecule has 2 aromatic rings. The standard InChI is InChI=1S/C19H20Cl2N2O2S/c1-13(26-18-12-14(20)2-7-17(18)21)19(24)22-15-3-5-16(6-4-15)23-8-10-25-11-9-23/h2-7,12-13H,8-11H2,1H3,(H,22,24). The van der Waals surface area contributed by atoms with Gasteiger partial charge in [-0.25, -0.2) is 0 Å². The van der Waals surface area contributed by atoms with Gasteiger partial charge >= 0.3 is 0 Å². The molecule has 3 rings (SSSR count). The molecule has 1 N–H and O–H groups in total. The van der Waals surface area contributed by atoms with Crippen LogP contribution in [0.3, 0.4) is 0 Å². The van der Waals surface area contributed by atoms with E-state index in [1.165, 1.54) is 11.8 Å². The van der Waals surface area contributed by atoms with Crippen molar-refractivity contribution in [3.8, 4) is 0 Å². The van der Waals surface area contributed by atoms with Gasteiger partial charge in [0.15, 0.2) is 0 Å². The Kier molecular flexibility index (Phi) is 6.70. The molecule has 26 heavy (non-hydrogen) atoms. The number of carbonyl (C=O) groups excluding carboxylic acids is 1. The Balaban J connectivity index is 1.59. The van der Waals surface area contributed by atoms with Crippen molar-refractivity contribution in [2.75, 3.05) is 36.5 Å². The largest absolute Gasteiger partial charge is 0.378 e. The second kappa shape index (κ2) is 9.00. The van der Waals surface area contributed by atoms with E-state index in [0.29, 0.717) is 10.0 Å². The van der Waals surface area contributed by atoms with Crippen LogP contribution in [0.1, 0.15) is 6.92 Å². The molecule has 1 fully saturated rings. The lowest BCUT2D eigenvalue weighted by molar-refractivity contribution is -0.115. The number of anilines is 2. The van der Waals surface area contributed by atoms with Gasteiger partial charge in [-0.05, 0) is 49.4 Å². The Labute approximate surface area is 167 Å². The molecular weight excluding hydrogens is 391 g/mol. The monoisotopic (exact) mass is 410 g/mol. The van der Waals surface area contributed by atoms with Crippen LogP contribution in [-0.4, -0.2) is 37.5 Å². The maximum Gasteiger partial charge on any atom is 0.237 e. The fourth-order valence-electron chi connectivity index (χ4n) is 2.63. The van der Waals surface area contributed by atoms with Gasteiger partial charge in [0, 0.05) is 34.4 Å². The Hall–Kier alpha value is -1.40. The third-order valence-electron chi connectivity index (χ3n) is 4.08. The molecule has 2 aromatic carbocycles. The van der Waals surface area contributed by atoms with E-state index in [1.54, 1.807) is 18.2 Å². The van der Waals surface area contributed by atoms with Crippen molar-refractivity contribution < 1.29 is 9.53 Å². The molecule has 1 unspecified atom stereocenters. The van der Waals surface area contributed by atoms with Crippen LogP contribution in [0, 0.1) is 0 Å². The first kappa shape index (κ1) is 19.4. The minimum absolute atomic E-state index is 0.0786. The zero-order chi connectivity index (χ0) is 18.5. The third kappa shape index (κ3) is 5.07. The first-order valence-electron chi connectivity index (χ1n) is 8.38. The van der Waals surface area contributed by atoms with Gasteiger partial charge < -0.3 is 15.0 Å². The van der Waals surface area contributed by atoms with E-state index >= 15 is 0 Å². The summed E-state index contributed by atoms with van der Waals surface area (Å²) in [6.45, 7) is 5.12. The lowest BCUT2D eigenvalue weighted by atomic mass is 10.2. The van der Waals surface area contributed by atoms with Crippen molar-refractivity contribution in [3.63, 3.8) is 0 Å². The molecule has 7 heteroatoms. The number of carbonyl (C=O) groups is 1. The van der Waals surface area contributed by atoms with Crippen molar-refractivity contribution in [1.82, 2.24) is 0 Å². The molecule has 1 aliphatic rings. The maximum absolute atomic E-state index is 12.5. The van der Waals surface area contributed by atoms with Crippen LogP contribution in [0.2, 0.25) is 10.0 Å². The Morgan fingerprint density at radius 3 is 2.54 bits per heavy atom. The highest BCUT2D eigenvalue weighted by Gasteiger charge is 2.17. The van der Waals surface area contributed by atoms with Gasteiger partial charge in [0.1, 0.15) is 0 Å². The number of hydrogen-bond donors (Lipinski definition) is 1. The highest BCUT2D eigenvalue weighted by atomic mass is 35.5. The fourth-order valence-corrected chi connectivity index (χ4v) is 4.04. The summed E-state index contributed by atoms with van der Waals surface area (Å²) in [5, 5.41) is 3.84. The van der Waals surface area contributed by atoms with Gasteiger partial charge in [0.2, 0.25) is 5.91 Å². The van der Waals surface area contributed by atoms with Crippen LogP contribution in [0.25, 0.3) is 0 Å². The number of nitrogens with zero attached hydrogens (tertiary/aromatic N) is 1. The van der Waals surface area contributed by atoms with Crippen LogP contribution in [-0.2, 0) is 9.53 Å². The topological polar surface area (TPSA) is 41.6 Å². The summed E-state index contributed by atoms with van der Waals surface area (Å²) in [4.78, 5) is 15.5. The maximum atomic E-state index is 12.5. The summed E-state index contributed by atoms with van der Waals surface area (Å²) in [7, 11) is 0. The van der Waals surface area contributed by atoms with Crippen molar-refractivity contribution in [2.45, 2.75) is 17.1 Å². The van der Waals surface area contributed by atoms with Crippen LogP contribution >= 0.6 is 35.0 Å². The lowest BCUT2D eigenvalue weighted by Gasteiger charge is -2.28. The number of benzene rings is 2. The van der Waals surface area contributed by atoms with Crippen molar-refractivity contribution in [3.05, 3.63) is 52.5 Å². The van der Waals surface area contributed by atoms with E-state index in [1.807, 2.05) is 31.2 Å². The van der Waals surface area contributed by atoms with Crippen LogP contribution in [0.15, 0.2) is 47.4 Å². The second-order valence-electron chi connectivity index (χ2n) is 5.97. The molecule has 138 valence electrons. The summed E-state index contributed by atoms with van der Waals surface area (Å²) < 4.78 is 5.37. The van der Waals surface area contributed by atoms with Gasteiger partial charge in [-0.2, -0.15) is 0 Å². The molecule has 1 aliphatic heterocycles. The molecule has 1 atom stereocenters. The number of morpholine rings is 1. The number of amides is 1. The van der Waals surface area contributed by atoms with E-state index in [4.69, 9.17) is 27.9 Å². The Bertz CT molecular complexity index is 765. The van der Waals surface area contributed by atoms with E-state index in [-0.39, 0.29) is 11.2 Å². The smallest absolute Gasteiger partial charge is 0.237 e. The fraction of sp³-hybridized carbons (Fsp3) is 0.316. The first-order chi connectivity index (χ1) is 12.5. The van der Waals surface area contributed by atoms with Gasteiger partial charge in [-0.1, -0.05) is 23.2 Å². The normalized spacial score (nSPS) is 15.6. The van der Waals surface area contributed by atoms with Crippen LogP contribution in [0.5, 0.6) is 0 Å². The molecular formula is C19H20Cl2N2O2S. The third-order valence-corrected chi connectivity index (χ3v) is 5.91. The van der Waals surface area contributed by atoms with Gasteiger partial charge in [0.05, 0.1) is 23.5 Å². The molecule has 1 saturated heterocycles. The van der Waals surface area contributed by atoms with Crippen LogP contribution < -0.4 is 10.2 Å². The van der Waals surface area contributed by atoms with Gasteiger partial charge in [-0.15, -0.1) is 11.8 Å². The lowest BCUT2D eigenvalue weighted by Crippen LogP contribution is -2.36. The predicted molar refractivity (Wildman–Crippen MR) is 110 cm³/mol. The van der Waals surface area contributed by atoms with Crippen molar-refractivity contribution in [2.24, 2.45) is 0 Å². The average Bonchev–Trinajstić information content (AvgIpc) is 2.66. The number of halogens is 2. The molecule has 0 aliphatic carbocycles. The summed E-state index contributed by atoms with van der Waals surface area (Å²) in [6, 6.07) is 13.1. The molecule has 4 nitrogen and oxygen atoms in total. The van der Waals surface area contributed by atoms with E-state index < -0.39 is 0 Å². The molecule has 0 aromatic heterocycles. The quantitative estimate of drug-likeness (QED) is 0.707. The summed E-state index contributed by atoms with van der Waals surface area (Å²) >= 11 is 13.6. The first-order valence-corrected chi connectivity index (χ1v) is 10.0. The molecule has 0 bridgehead atoms. The Morgan fingerprint density at radius 1 is 1.15 bits per heavy atom. The van der Waals surface area contributed by atoms with E-state index in [0.717, 1.165) is 42.6 Å². The Morgan fingerprint density at radius 2 is 1.85 bits per heavy atom. The number of rotatable bonds is 5. The zero-order valence-electron chi connectivity index (χ0n) is 14.4. The molecule has 1 amide bonds. The van der Waals surface area contributed by atoms with Crippen molar-refractivity contribution >= 4 is 52.2 Å². The molecule has 0 radical (unpaired) electrons. The molecule has 0 saturated carbocycles. The van der Waals surface area contributed by atoms with Gasteiger partial charge in [0.25, 0.3) is 0 Å². The average molecular weight is 411 g/mol.